The van der Waals surface area contributed by atoms with Crippen LogP contribution in [0.2, 0.25) is 0 Å². The molecule has 106 valence electrons. The first-order valence-electron chi connectivity index (χ1n) is 6.92. The molecule has 0 aromatic carbocycles. The van der Waals surface area contributed by atoms with Gasteiger partial charge in [0, 0.05) is 6.54 Å². The second kappa shape index (κ2) is 6.53. The lowest BCUT2D eigenvalue weighted by molar-refractivity contribution is -0.147. The molecule has 4 nitrogen and oxygen atoms in total. The van der Waals surface area contributed by atoms with Crippen LogP contribution in [0.5, 0.6) is 0 Å². The lowest BCUT2D eigenvalue weighted by atomic mass is 9.89. The van der Waals surface area contributed by atoms with Crippen LogP contribution < -0.4 is 0 Å². The molecule has 1 saturated heterocycles. The zero-order chi connectivity index (χ0) is 13.8. The van der Waals surface area contributed by atoms with Gasteiger partial charge in [0.25, 0.3) is 0 Å². The first-order chi connectivity index (χ1) is 8.31. The monoisotopic (exact) mass is 256 g/mol. The molecule has 0 aliphatic carbocycles. The highest BCUT2D eigenvalue weighted by molar-refractivity contribution is 5.73. The van der Waals surface area contributed by atoms with Gasteiger partial charge in [0.15, 0.2) is 0 Å². The average molecular weight is 256 g/mol. The third kappa shape index (κ3) is 4.94. The summed E-state index contributed by atoms with van der Waals surface area (Å²) >= 11 is 0. The van der Waals surface area contributed by atoms with E-state index >= 15 is 0 Å². The van der Waals surface area contributed by atoms with Crippen LogP contribution >= 0.6 is 0 Å². The summed E-state index contributed by atoms with van der Waals surface area (Å²) in [7, 11) is 4.27. The van der Waals surface area contributed by atoms with Crippen LogP contribution in [0.3, 0.4) is 0 Å². The Labute approximate surface area is 111 Å². The van der Waals surface area contributed by atoms with Gasteiger partial charge in [-0.15, -0.1) is 0 Å². The van der Waals surface area contributed by atoms with E-state index in [4.69, 9.17) is 5.11 Å². The Kier molecular flexibility index (Phi) is 5.60. The Hall–Kier alpha value is -0.610. The fourth-order valence-electron chi connectivity index (χ4n) is 2.35. The topological polar surface area (TPSA) is 43.8 Å². The molecule has 1 N–H and O–H groups in total. The highest BCUT2D eigenvalue weighted by atomic mass is 16.4. The molecule has 1 rings (SSSR count). The maximum absolute atomic E-state index is 11.0. The van der Waals surface area contributed by atoms with Crippen molar-refractivity contribution in [2.75, 3.05) is 40.3 Å². The van der Waals surface area contributed by atoms with E-state index in [1.807, 2.05) is 0 Å². The Bertz CT molecular complexity index is 279. The number of aliphatic carboxylic acids is 1. The average Bonchev–Trinajstić information content (AvgIpc) is 2.69. The van der Waals surface area contributed by atoms with Gasteiger partial charge in [-0.1, -0.05) is 0 Å². The molecule has 0 spiro atoms. The molecule has 1 heterocycles. The predicted octanol–water partition coefficient (Wildman–Crippen LogP) is 1.76. The predicted molar refractivity (Wildman–Crippen MR) is 73.8 cm³/mol. The molecule has 0 saturated carbocycles. The van der Waals surface area contributed by atoms with E-state index in [2.05, 4.69) is 23.9 Å². The number of nitrogens with zero attached hydrogens (tertiary/aromatic N) is 2. The van der Waals surface area contributed by atoms with E-state index in [-0.39, 0.29) is 0 Å². The third-order valence-corrected chi connectivity index (χ3v) is 4.11. The first kappa shape index (κ1) is 15.4. The maximum atomic E-state index is 11.0. The zero-order valence-electron chi connectivity index (χ0n) is 12.3. The number of rotatable bonds is 7. The third-order valence-electron chi connectivity index (χ3n) is 4.11. The van der Waals surface area contributed by atoms with Crippen LogP contribution in [0.1, 0.15) is 33.1 Å². The molecular weight excluding hydrogens is 228 g/mol. The van der Waals surface area contributed by atoms with E-state index in [1.54, 1.807) is 13.8 Å². The summed E-state index contributed by atoms with van der Waals surface area (Å²) in [5.74, 6) is 0.123. The van der Waals surface area contributed by atoms with Crippen LogP contribution in [0.4, 0.5) is 0 Å². The molecule has 0 amide bonds. The van der Waals surface area contributed by atoms with Gasteiger partial charge in [0.2, 0.25) is 0 Å². The van der Waals surface area contributed by atoms with Crippen LogP contribution in [0, 0.1) is 11.3 Å². The van der Waals surface area contributed by atoms with E-state index in [0.29, 0.717) is 6.42 Å². The summed E-state index contributed by atoms with van der Waals surface area (Å²) in [5.41, 5.74) is -0.609. The molecule has 1 fully saturated rings. The van der Waals surface area contributed by atoms with Crippen molar-refractivity contribution in [3.05, 3.63) is 0 Å². The van der Waals surface area contributed by atoms with Crippen molar-refractivity contribution in [2.24, 2.45) is 11.3 Å². The van der Waals surface area contributed by atoms with E-state index in [0.717, 1.165) is 19.0 Å². The van der Waals surface area contributed by atoms with E-state index < -0.39 is 11.4 Å². The number of carbonyl (C=O) groups is 1. The van der Waals surface area contributed by atoms with Crippen molar-refractivity contribution in [2.45, 2.75) is 33.1 Å². The summed E-state index contributed by atoms with van der Waals surface area (Å²) in [6.07, 6.45) is 3.25. The van der Waals surface area contributed by atoms with Gasteiger partial charge >= 0.3 is 5.97 Å². The molecule has 4 heteroatoms. The summed E-state index contributed by atoms with van der Waals surface area (Å²) in [6, 6.07) is 0. The zero-order valence-corrected chi connectivity index (χ0v) is 12.3. The van der Waals surface area contributed by atoms with Crippen molar-refractivity contribution in [1.82, 2.24) is 9.80 Å². The number of hydrogen-bond acceptors (Lipinski definition) is 3. The van der Waals surface area contributed by atoms with Gasteiger partial charge in [0.1, 0.15) is 0 Å². The summed E-state index contributed by atoms with van der Waals surface area (Å²) < 4.78 is 0. The molecule has 0 aromatic rings. The van der Waals surface area contributed by atoms with Crippen molar-refractivity contribution < 1.29 is 9.90 Å². The molecule has 1 unspecified atom stereocenters. The van der Waals surface area contributed by atoms with Gasteiger partial charge in [-0.2, -0.15) is 0 Å². The first-order valence-corrected chi connectivity index (χ1v) is 6.92. The van der Waals surface area contributed by atoms with Gasteiger partial charge in [0.05, 0.1) is 5.41 Å². The molecule has 0 radical (unpaired) electrons. The summed E-state index contributed by atoms with van der Waals surface area (Å²) in [4.78, 5) is 15.7. The number of carboxylic acids is 1. The molecule has 1 atom stereocenters. The van der Waals surface area contributed by atoms with E-state index in [9.17, 15) is 4.79 Å². The minimum absolute atomic E-state index is 0.609. The molecule has 18 heavy (non-hydrogen) atoms. The Morgan fingerprint density at radius 1 is 1.44 bits per heavy atom. The quantitative estimate of drug-likeness (QED) is 0.754. The molecule has 1 aliphatic heterocycles. The fraction of sp³-hybridized carbons (Fsp3) is 0.929. The van der Waals surface area contributed by atoms with Crippen LogP contribution in [-0.4, -0.2) is 61.2 Å². The molecule has 1 aliphatic rings. The maximum Gasteiger partial charge on any atom is 0.309 e. The van der Waals surface area contributed by atoms with Crippen LogP contribution in [-0.2, 0) is 4.79 Å². The van der Waals surface area contributed by atoms with Gasteiger partial charge < -0.3 is 14.9 Å². The van der Waals surface area contributed by atoms with Crippen molar-refractivity contribution >= 4 is 5.97 Å². The Morgan fingerprint density at radius 3 is 2.61 bits per heavy atom. The standard InChI is InChI=1S/C14H28N2O2/c1-14(2,13(17)18)7-10-15(3)8-5-12-6-9-16(4)11-12/h12H,5-11H2,1-4H3,(H,17,18). The molecule has 0 aromatic heterocycles. The van der Waals surface area contributed by atoms with Crippen LogP contribution in [0.15, 0.2) is 0 Å². The van der Waals surface area contributed by atoms with Crippen molar-refractivity contribution in [3.63, 3.8) is 0 Å². The summed E-state index contributed by atoms with van der Waals surface area (Å²) in [6.45, 7) is 7.98. The summed E-state index contributed by atoms with van der Waals surface area (Å²) in [5, 5.41) is 9.06. The second-order valence-electron chi connectivity index (χ2n) is 6.45. The number of hydrogen-bond donors (Lipinski definition) is 1. The van der Waals surface area contributed by atoms with Crippen molar-refractivity contribution in [1.29, 1.82) is 0 Å². The highest BCUT2D eigenvalue weighted by Crippen LogP contribution is 2.21. The van der Waals surface area contributed by atoms with E-state index in [1.165, 1.54) is 25.9 Å². The normalized spacial score (nSPS) is 21.7. The van der Waals surface area contributed by atoms with Gasteiger partial charge in [-0.3, -0.25) is 4.79 Å². The molecular formula is C14H28N2O2. The molecule has 0 bridgehead atoms. The largest absolute Gasteiger partial charge is 0.481 e. The Balaban J connectivity index is 2.18. The SMILES string of the molecule is CN(CCC1CCN(C)C1)CCC(C)(C)C(=O)O. The Morgan fingerprint density at radius 2 is 2.11 bits per heavy atom. The van der Waals surface area contributed by atoms with Crippen LogP contribution in [0.25, 0.3) is 0 Å². The number of likely N-dealkylation sites (tertiary alicyclic amines) is 1. The minimum Gasteiger partial charge on any atom is -0.481 e. The fourth-order valence-corrected chi connectivity index (χ4v) is 2.35. The van der Waals surface area contributed by atoms with Gasteiger partial charge in [-0.05, 0) is 72.8 Å². The highest BCUT2D eigenvalue weighted by Gasteiger charge is 2.27. The van der Waals surface area contributed by atoms with Crippen molar-refractivity contribution in [3.8, 4) is 0 Å². The second-order valence-corrected chi connectivity index (χ2v) is 6.45. The minimum atomic E-state index is -0.701. The lowest BCUT2D eigenvalue weighted by Crippen LogP contribution is -2.31. The smallest absolute Gasteiger partial charge is 0.309 e. The van der Waals surface area contributed by atoms with Gasteiger partial charge in [-0.25, -0.2) is 0 Å². The lowest BCUT2D eigenvalue weighted by Gasteiger charge is -2.24. The number of carboxylic acid groups (broad SMARTS) is 1.